The molecule has 2 heterocycles. The van der Waals surface area contributed by atoms with Crippen LogP contribution in [0.1, 0.15) is 37.9 Å². The van der Waals surface area contributed by atoms with Crippen molar-refractivity contribution in [3.05, 3.63) is 15.8 Å². The molecule has 0 aliphatic carbocycles. The number of piperidine rings is 1. The fourth-order valence-electron chi connectivity index (χ4n) is 2.76. The van der Waals surface area contributed by atoms with Crippen LogP contribution in [-0.2, 0) is 0 Å². The Morgan fingerprint density at radius 2 is 2.11 bits per heavy atom. The van der Waals surface area contributed by atoms with E-state index in [0.29, 0.717) is 5.69 Å². The van der Waals surface area contributed by atoms with E-state index in [9.17, 15) is 10.1 Å². The lowest BCUT2D eigenvalue weighted by atomic mass is 10.1. The molecule has 1 aliphatic heterocycles. The van der Waals surface area contributed by atoms with Gasteiger partial charge in [0.05, 0.1) is 11.0 Å². The van der Waals surface area contributed by atoms with Crippen molar-refractivity contribution in [3.8, 4) is 0 Å². The molecule has 1 fully saturated rings. The van der Waals surface area contributed by atoms with Gasteiger partial charge in [0, 0.05) is 13.1 Å². The van der Waals surface area contributed by atoms with Crippen LogP contribution >= 0.6 is 0 Å². The molecule has 0 amide bonds. The quantitative estimate of drug-likeness (QED) is 0.662. The molecule has 0 unspecified atom stereocenters. The lowest BCUT2D eigenvalue weighted by Crippen LogP contribution is -2.35. The van der Waals surface area contributed by atoms with Gasteiger partial charge in [0.25, 0.3) is 0 Å². The summed E-state index contributed by atoms with van der Waals surface area (Å²) in [6, 6.07) is 0.181. The van der Waals surface area contributed by atoms with Crippen molar-refractivity contribution in [2.45, 2.75) is 39.2 Å². The average molecular weight is 267 g/mol. The first-order chi connectivity index (χ1) is 9.04. The van der Waals surface area contributed by atoms with Crippen LogP contribution in [0, 0.1) is 17.0 Å². The monoisotopic (exact) mass is 267 g/mol. The highest BCUT2D eigenvalue weighted by Crippen LogP contribution is 2.31. The summed E-state index contributed by atoms with van der Waals surface area (Å²) in [6.45, 7) is 6.93. The van der Waals surface area contributed by atoms with Crippen molar-refractivity contribution in [3.63, 3.8) is 0 Å². The lowest BCUT2D eigenvalue weighted by molar-refractivity contribution is -0.384. The topological polar surface area (TPSA) is 90.2 Å². The molecule has 1 aromatic heterocycles. The summed E-state index contributed by atoms with van der Waals surface area (Å²) in [4.78, 5) is 12.9. The number of nitro groups is 1. The van der Waals surface area contributed by atoms with Gasteiger partial charge in [-0.1, -0.05) is 6.92 Å². The van der Waals surface area contributed by atoms with Crippen LogP contribution in [0.2, 0.25) is 0 Å². The van der Waals surface area contributed by atoms with Crippen LogP contribution < -0.4 is 5.73 Å². The van der Waals surface area contributed by atoms with Gasteiger partial charge in [-0.2, -0.15) is 5.10 Å². The van der Waals surface area contributed by atoms with Crippen molar-refractivity contribution in [2.75, 3.05) is 25.4 Å². The van der Waals surface area contributed by atoms with Gasteiger partial charge in [-0.15, -0.1) is 0 Å². The molecule has 0 bridgehead atoms. The molecule has 106 valence electrons. The molecule has 1 aromatic rings. The number of nitrogens with zero attached hydrogens (tertiary/aromatic N) is 4. The zero-order valence-corrected chi connectivity index (χ0v) is 11.5. The standard InChI is InChI=1S/C12H21N5O2/c1-3-6-15-7-4-10(5-8-15)16-12(13)11(17(18)19)9(2)14-16/h10H,3-8,13H2,1-2H3. The number of hydrogen-bond donors (Lipinski definition) is 1. The summed E-state index contributed by atoms with van der Waals surface area (Å²) in [6.07, 6.45) is 3.05. The van der Waals surface area contributed by atoms with Crippen LogP contribution in [0.5, 0.6) is 0 Å². The molecule has 0 saturated carbocycles. The first-order valence-electron chi connectivity index (χ1n) is 6.76. The average Bonchev–Trinajstić information content (AvgIpc) is 2.66. The fraction of sp³-hybridized carbons (Fsp3) is 0.750. The molecule has 19 heavy (non-hydrogen) atoms. The van der Waals surface area contributed by atoms with Gasteiger partial charge in [-0.25, -0.2) is 4.68 Å². The largest absolute Gasteiger partial charge is 0.378 e. The maximum Gasteiger partial charge on any atom is 0.333 e. The number of nitrogen functional groups attached to an aromatic ring is 1. The molecule has 0 atom stereocenters. The number of hydrogen-bond acceptors (Lipinski definition) is 5. The van der Waals surface area contributed by atoms with Crippen molar-refractivity contribution in [2.24, 2.45) is 0 Å². The number of rotatable bonds is 4. The predicted octanol–water partition coefficient (Wildman–Crippen LogP) is 1.73. The maximum absolute atomic E-state index is 10.9. The minimum absolute atomic E-state index is 0.0454. The van der Waals surface area contributed by atoms with Gasteiger partial charge in [0.2, 0.25) is 5.82 Å². The number of anilines is 1. The molecule has 0 radical (unpaired) electrons. The summed E-state index contributed by atoms with van der Waals surface area (Å²) in [5.74, 6) is 0.191. The zero-order chi connectivity index (χ0) is 14.0. The molecular formula is C12H21N5O2. The summed E-state index contributed by atoms with van der Waals surface area (Å²) < 4.78 is 1.65. The molecular weight excluding hydrogens is 246 g/mol. The Morgan fingerprint density at radius 3 is 2.58 bits per heavy atom. The third kappa shape index (κ3) is 2.70. The van der Waals surface area contributed by atoms with Gasteiger partial charge >= 0.3 is 5.69 Å². The summed E-state index contributed by atoms with van der Waals surface area (Å²) in [5.41, 5.74) is 6.23. The van der Waals surface area contributed by atoms with Crippen LogP contribution in [0.4, 0.5) is 11.5 Å². The van der Waals surface area contributed by atoms with Crippen LogP contribution in [0.25, 0.3) is 0 Å². The fourth-order valence-corrected chi connectivity index (χ4v) is 2.76. The second-order valence-electron chi connectivity index (χ2n) is 5.09. The first kappa shape index (κ1) is 13.8. The normalized spacial score (nSPS) is 17.8. The lowest BCUT2D eigenvalue weighted by Gasteiger charge is -2.31. The maximum atomic E-state index is 10.9. The van der Waals surface area contributed by atoms with Crippen molar-refractivity contribution < 1.29 is 4.92 Å². The molecule has 7 heteroatoms. The van der Waals surface area contributed by atoms with Crippen molar-refractivity contribution >= 4 is 11.5 Å². The SMILES string of the molecule is CCCN1CCC(n2nc(C)c([N+](=O)[O-])c2N)CC1. The van der Waals surface area contributed by atoms with E-state index in [0.717, 1.165) is 38.9 Å². The van der Waals surface area contributed by atoms with Crippen molar-refractivity contribution in [1.82, 2.24) is 14.7 Å². The Kier molecular flexibility index (Phi) is 4.04. The summed E-state index contributed by atoms with van der Waals surface area (Å²) >= 11 is 0. The minimum Gasteiger partial charge on any atom is -0.378 e. The van der Waals surface area contributed by atoms with Gasteiger partial charge in [-0.05, 0) is 32.7 Å². The second-order valence-corrected chi connectivity index (χ2v) is 5.09. The minimum atomic E-state index is -0.444. The van der Waals surface area contributed by atoms with E-state index in [4.69, 9.17) is 5.73 Å². The van der Waals surface area contributed by atoms with E-state index < -0.39 is 4.92 Å². The number of likely N-dealkylation sites (tertiary alicyclic amines) is 1. The van der Waals surface area contributed by atoms with E-state index in [1.165, 1.54) is 0 Å². The van der Waals surface area contributed by atoms with Crippen LogP contribution in [0.15, 0.2) is 0 Å². The molecule has 2 rings (SSSR count). The Balaban J connectivity index is 2.12. The highest BCUT2D eigenvalue weighted by Gasteiger charge is 2.28. The smallest absolute Gasteiger partial charge is 0.333 e. The summed E-state index contributed by atoms with van der Waals surface area (Å²) in [7, 11) is 0. The number of nitrogens with two attached hydrogens (primary N) is 1. The van der Waals surface area contributed by atoms with E-state index >= 15 is 0 Å². The molecule has 2 N–H and O–H groups in total. The molecule has 7 nitrogen and oxygen atoms in total. The van der Waals surface area contributed by atoms with Gasteiger partial charge in [0.15, 0.2) is 0 Å². The van der Waals surface area contributed by atoms with Gasteiger partial charge in [-0.3, -0.25) is 10.1 Å². The van der Waals surface area contributed by atoms with Crippen LogP contribution in [-0.4, -0.2) is 39.2 Å². The van der Waals surface area contributed by atoms with Gasteiger partial charge in [0.1, 0.15) is 5.69 Å². The Labute approximate surface area is 112 Å². The Morgan fingerprint density at radius 1 is 1.47 bits per heavy atom. The highest BCUT2D eigenvalue weighted by atomic mass is 16.6. The van der Waals surface area contributed by atoms with Gasteiger partial charge < -0.3 is 10.6 Å². The molecule has 0 aromatic carbocycles. The third-order valence-electron chi connectivity index (χ3n) is 3.72. The number of aryl methyl sites for hydroxylation is 1. The summed E-state index contributed by atoms with van der Waals surface area (Å²) in [5, 5.41) is 15.2. The number of aromatic nitrogens is 2. The Bertz CT molecular complexity index is 463. The van der Waals surface area contributed by atoms with E-state index in [1.807, 2.05) is 0 Å². The predicted molar refractivity (Wildman–Crippen MR) is 73.0 cm³/mol. The van der Waals surface area contributed by atoms with E-state index in [-0.39, 0.29) is 17.5 Å². The second kappa shape index (κ2) is 5.56. The third-order valence-corrected chi connectivity index (χ3v) is 3.72. The zero-order valence-electron chi connectivity index (χ0n) is 11.5. The highest BCUT2D eigenvalue weighted by molar-refractivity contribution is 5.56. The van der Waals surface area contributed by atoms with E-state index in [2.05, 4.69) is 16.9 Å². The molecule has 0 spiro atoms. The first-order valence-corrected chi connectivity index (χ1v) is 6.76. The van der Waals surface area contributed by atoms with Crippen molar-refractivity contribution in [1.29, 1.82) is 0 Å². The van der Waals surface area contributed by atoms with Crippen LogP contribution in [0.3, 0.4) is 0 Å². The van der Waals surface area contributed by atoms with E-state index in [1.54, 1.807) is 11.6 Å². The Hall–Kier alpha value is -1.63. The molecule has 1 aliphatic rings. The molecule has 1 saturated heterocycles.